The highest BCUT2D eigenvalue weighted by Gasteiger charge is 2.09. The second-order valence-corrected chi connectivity index (χ2v) is 2.92. The lowest BCUT2D eigenvalue weighted by molar-refractivity contribution is 0.0697. The average molecular weight is 232 g/mol. The van der Waals surface area contributed by atoms with E-state index in [2.05, 4.69) is 0 Å². The van der Waals surface area contributed by atoms with Gasteiger partial charge in [0.15, 0.2) is 0 Å². The molecule has 0 spiro atoms. The molecule has 1 aromatic rings. The fourth-order valence-electron chi connectivity index (χ4n) is 0.669. The number of aromatic carboxylic acids is 1. The van der Waals surface area contributed by atoms with Crippen molar-refractivity contribution >= 4 is 29.2 Å². The summed E-state index contributed by atoms with van der Waals surface area (Å²) in [5.74, 6) is -1.07. The van der Waals surface area contributed by atoms with Crippen molar-refractivity contribution in [1.82, 2.24) is 0 Å². The molecule has 0 radical (unpaired) electrons. The molecule has 0 aliphatic heterocycles. The van der Waals surface area contributed by atoms with E-state index >= 15 is 0 Å². The van der Waals surface area contributed by atoms with Crippen LogP contribution in [0.4, 0.5) is 0 Å². The van der Waals surface area contributed by atoms with Gasteiger partial charge in [0.1, 0.15) is 0 Å². The number of hydrogen-bond donors (Lipinski definition) is 1. The third-order valence-corrected chi connectivity index (χ3v) is 2.00. The van der Waals surface area contributed by atoms with Gasteiger partial charge in [0.05, 0.1) is 21.7 Å². The van der Waals surface area contributed by atoms with E-state index in [1.54, 1.807) is 6.07 Å². The van der Waals surface area contributed by atoms with Crippen LogP contribution >= 0.6 is 23.2 Å². The summed E-state index contributed by atoms with van der Waals surface area (Å²) >= 11 is 11.1. The first-order valence-electron chi connectivity index (χ1n) is 3.52. The molecule has 0 amide bonds. The number of benzene rings is 1. The number of carboxylic acid groups (broad SMARTS) is 1. The molecule has 0 bridgehead atoms. The molecule has 0 saturated carbocycles. The summed E-state index contributed by atoms with van der Waals surface area (Å²) in [6, 6.07) is 6.23. The third-order valence-electron chi connectivity index (χ3n) is 1.18. The van der Waals surface area contributed by atoms with E-state index in [4.69, 9.17) is 33.6 Å². The van der Waals surface area contributed by atoms with Gasteiger partial charge in [-0.1, -0.05) is 29.3 Å². The average Bonchev–Trinajstić information content (AvgIpc) is 2.10. The van der Waals surface area contributed by atoms with Crippen molar-refractivity contribution in [3.05, 3.63) is 33.8 Å². The van der Waals surface area contributed by atoms with Gasteiger partial charge in [-0.05, 0) is 12.1 Å². The first-order chi connectivity index (χ1) is 6.54. The second kappa shape index (κ2) is 6.25. The Morgan fingerprint density at radius 2 is 2.00 bits per heavy atom. The summed E-state index contributed by atoms with van der Waals surface area (Å²) in [6.45, 7) is 1.43. The monoisotopic (exact) mass is 231 g/mol. The molecule has 0 unspecified atom stereocenters. The Labute approximate surface area is 91.5 Å². The van der Waals surface area contributed by atoms with E-state index in [0.717, 1.165) is 0 Å². The Morgan fingerprint density at radius 3 is 2.36 bits per heavy atom. The van der Waals surface area contributed by atoms with Gasteiger partial charge in [-0.3, -0.25) is 0 Å². The summed E-state index contributed by atoms with van der Waals surface area (Å²) in [5.41, 5.74) is 0.0270. The standard InChI is InChI=1S/C7H4Cl2O2.C2H3N/c8-5-3-1-2-4(6(5)9)7(10)11;1-2-3/h1-3H,(H,10,11);1H3. The molecule has 14 heavy (non-hydrogen) atoms. The Morgan fingerprint density at radius 1 is 1.50 bits per heavy atom. The highest BCUT2D eigenvalue weighted by molar-refractivity contribution is 6.43. The lowest BCUT2D eigenvalue weighted by atomic mass is 10.2. The van der Waals surface area contributed by atoms with Gasteiger partial charge >= 0.3 is 5.97 Å². The molecule has 3 nitrogen and oxygen atoms in total. The van der Waals surface area contributed by atoms with Crippen LogP contribution in [0, 0.1) is 11.3 Å². The lowest BCUT2D eigenvalue weighted by Gasteiger charge is -1.98. The van der Waals surface area contributed by atoms with Crippen LogP contribution in [0.2, 0.25) is 10.0 Å². The van der Waals surface area contributed by atoms with Crippen molar-refractivity contribution < 1.29 is 9.90 Å². The molecule has 0 atom stereocenters. The van der Waals surface area contributed by atoms with Gasteiger partial charge in [-0.2, -0.15) is 5.26 Å². The van der Waals surface area contributed by atoms with E-state index in [1.807, 2.05) is 0 Å². The van der Waals surface area contributed by atoms with Gasteiger partial charge < -0.3 is 5.11 Å². The summed E-state index contributed by atoms with van der Waals surface area (Å²) in [5, 5.41) is 16.2. The molecule has 74 valence electrons. The van der Waals surface area contributed by atoms with Crippen LogP contribution in [-0.2, 0) is 0 Å². The minimum atomic E-state index is -1.07. The van der Waals surface area contributed by atoms with Crippen LogP contribution < -0.4 is 0 Å². The van der Waals surface area contributed by atoms with Crippen LogP contribution in [0.25, 0.3) is 0 Å². The predicted octanol–water partition coefficient (Wildman–Crippen LogP) is 3.22. The summed E-state index contributed by atoms with van der Waals surface area (Å²) in [7, 11) is 0. The zero-order valence-electron chi connectivity index (χ0n) is 7.29. The quantitative estimate of drug-likeness (QED) is 0.808. The van der Waals surface area contributed by atoms with Crippen LogP contribution in [0.5, 0.6) is 0 Å². The van der Waals surface area contributed by atoms with Gasteiger partial charge in [-0.15, -0.1) is 0 Å². The maximum absolute atomic E-state index is 10.4. The van der Waals surface area contributed by atoms with Gasteiger partial charge in [0.25, 0.3) is 0 Å². The molecule has 0 aliphatic rings. The largest absolute Gasteiger partial charge is 0.478 e. The molecule has 1 N–H and O–H groups in total. The van der Waals surface area contributed by atoms with Crippen molar-refractivity contribution in [3.8, 4) is 6.07 Å². The van der Waals surface area contributed by atoms with E-state index in [-0.39, 0.29) is 15.6 Å². The number of nitrogens with zero attached hydrogens (tertiary/aromatic N) is 1. The van der Waals surface area contributed by atoms with Gasteiger partial charge in [0.2, 0.25) is 0 Å². The SMILES string of the molecule is CC#N.O=C(O)c1cccc(Cl)c1Cl. The molecular formula is C9H7Cl2NO2. The highest BCUT2D eigenvalue weighted by Crippen LogP contribution is 2.25. The van der Waals surface area contributed by atoms with E-state index in [9.17, 15) is 4.79 Å². The van der Waals surface area contributed by atoms with Crippen molar-refractivity contribution in [3.63, 3.8) is 0 Å². The normalized spacial score (nSPS) is 8.14. The Balaban J connectivity index is 0.000000500. The topological polar surface area (TPSA) is 61.1 Å². The summed E-state index contributed by atoms with van der Waals surface area (Å²) in [6.07, 6.45) is 0. The van der Waals surface area contributed by atoms with Crippen LogP contribution in [0.3, 0.4) is 0 Å². The maximum Gasteiger partial charge on any atom is 0.337 e. The highest BCUT2D eigenvalue weighted by atomic mass is 35.5. The smallest absolute Gasteiger partial charge is 0.337 e. The van der Waals surface area contributed by atoms with Crippen molar-refractivity contribution in [2.24, 2.45) is 0 Å². The Hall–Kier alpha value is -1.24. The molecule has 0 heterocycles. The first-order valence-corrected chi connectivity index (χ1v) is 4.28. The zero-order valence-corrected chi connectivity index (χ0v) is 8.80. The van der Waals surface area contributed by atoms with Crippen molar-refractivity contribution in [2.75, 3.05) is 0 Å². The number of nitriles is 1. The van der Waals surface area contributed by atoms with Crippen LogP contribution in [0.1, 0.15) is 17.3 Å². The lowest BCUT2D eigenvalue weighted by Crippen LogP contribution is -1.96. The first kappa shape index (κ1) is 12.8. The zero-order chi connectivity index (χ0) is 11.1. The number of rotatable bonds is 1. The molecule has 5 heteroatoms. The van der Waals surface area contributed by atoms with E-state index < -0.39 is 5.97 Å². The van der Waals surface area contributed by atoms with E-state index in [0.29, 0.717) is 0 Å². The fraction of sp³-hybridized carbons (Fsp3) is 0.111. The molecule has 0 fully saturated rings. The van der Waals surface area contributed by atoms with Crippen LogP contribution in [-0.4, -0.2) is 11.1 Å². The molecule has 0 saturated heterocycles. The van der Waals surface area contributed by atoms with E-state index in [1.165, 1.54) is 25.1 Å². The van der Waals surface area contributed by atoms with Crippen LogP contribution in [0.15, 0.2) is 18.2 Å². The molecule has 1 rings (SSSR count). The summed E-state index contributed by atoms with van der Waals surface area (Å²) in [4.78, 5) is 10.4. The molecule has 0 aromatic heterocycles. The number of carbonyl (C=O) groups is 1. The maximum atomic E-state index is 10.4. The minimum absolute atomic E-state index is 0.0270. The number of halogens is 2. The Kier molecular flexibility index (Phi) is 5.70. The molecular weight excluding hydrogens is 225 g/mol. The van der Waals surface area contributed by atoms with Crippen molar-refractivity contribution in [1.29, 1.82) is 5.26 Å². The molecule has 0 aliphatic carbocycles. The number of carboxylic acids is 1. The summed E-state index contributed by atoms with van der Waals surface area (Å²) < 4.78 is 0. The fourth-order valence-corrected chi connectivity index (χ4v) is 1.05. The molecule has 1 aromatic carbocycles. The van der Waals surface area contributed by atoms with Gasteiger partial charge in [0, 0.05) is 6.92 Å². The van der Waals surface area contributed by atoms with Crippen molar-refractivity contribution in [2.45, 2.75) is 6.92 Å². The Bertz CT molecular complexity index is 372. The predicted molar refractivity (Wildman–Crippen MR) is 54.7 cm³/mol. The minimum Gasteiger partial charge on any atom is -0.478 e. The van der Waals surface area contributed by atoms with Gasteiger partial charge in [-0.25, -0.2) is 4.79 Å². The second-order valence-electron chi connectivity index (χ2n) is 2.13. The third kappa shape index (κ3) is 3.65. The number of hydrogen-bond acceptors (Lipinski definition) is 2.